The topological polar surface area (TPSA) is 91.3 Å². The van der Waals surface area contributed by atoms with Gasteiger partial charge in [0.2, 0.25) is 5.91 Å². The molecule has 2 aromatic heterocycles. The molecule has 1 aromatic carbocycles. The second-order valence-electron chi connectivity index (χ2n) is 7.50. The van der Waals surface area contributed by atoms with Crippen molar-refractivity contribution in [3.63, 3.8) is 0 Å². The summed E-state index contributed by atoms with van der Waals surface area (Å²) in [5.41, 5.74) is 3.86. The maximum atomic E-state index is 11.8. The molecule has 2 aliphatic rings. The Morgan fingerprint density at radius 1 is 1.39 bits per heavy atom. The van der Waals surface area contributed by atoms with Gasteiger partial charge < -0.3 is 19.7 Å². The van der Waals surface area contributed by atoms with E-state index in [9.17, 15) is 9.90 Å². The molecular formula is C21H20N4O3. The van der Waals surface area contributed by atoms with E-state index in [0.29, 0.717) is 36.6 Å². The number of ether oxygens (including phenoxy) is 1. The zero-order chi connectivity index (χ0) is 19.5. The molecular weight excluding hydrogens is 356 g/mol. The fraction of sp³-hybridized carbons (Fsp3) is 0.286. The number of aromatic nitrogens is 3. The molecule has 0 saturated carbocycles. The summed E-state index contributed by atoms with van der Waals surface area (Å²) in [5, 5.41) is 19.7. The Bertz CT molecular complexity index is 1110. The third-order valence-corrected chi connectivity index (χ3v) is 5.96. The van der Waals surface area contributed by atoms with Gasteiger partial charge in [0.25, 0.3) is 0 Å². The molecule has 7 heteroatoms. The molecule has 28 heavy (non-hydrogen) atoms. The molecule has 2 aliphatic heterocycles. The highest BCUT2D eigenvalue weighted by Gasteiger charge is 2.58. The molecule has 2 N–H and O–H groups in total. The average molecular weight is 376 g/mol. The summed E-state index contributed by atoms with van der Waals surface area (Å²) in [6.07, 6.45) is 1.34. The first kappa shape index (κ1) is 16.9. The molecule has 5 rings (SSSR count). The Kier molecular flexibility index (Phi) is 3.57. The number of phenolic OH excluding ortho intramolecular Hbond substituents is 1. The summed E-state index contributed by atoms with van der Waals surface area (Å²) >= 11 is 0. The lowest BCUT2D eigenvalue weighted by molar-refractivity contribution is -0.237. The molecule has 2 saturated heterocycles. The van der Waals surface area contributed by atoms with Gasteiger partial charge in [0.05, 0.1) is 31.3 Å². The zero-order valence-corrected chi connectivity index (χ0v) is 15.5. The number of nitrogens with zero attached hydrogens (tertiary/aromatic N) is 3. The Morgan fingerprint density at radius 3 is 2.86 bits per heavy atom. The van der Waals surface area contributed by atoms with Crippen molar-refractivity contribution < 1.29 is 14.6 Å². The number of hydrogen-bond acceptors (Lipinski definition) is 5. The fourth-order valence-electron chi connectivity index (χ4n) is 4.25. The van der Waals surface area contributed by atoms with Crippen LogP contribution in [-0.2, 0) is 9.53 Å². The van der Waals surface area contributed by atoms with E-state index in [1.54, 1.807) is 17.0 Å². The highest BCUT2D eigenvalue weighted by molar-refractivity contribution is 5.88. The van der Waals surface area contributed by atoms with E-state index in [1.807, 2.05) is 18.2 Å². The number of aromatic amines is 1. The van der Waals surface area contributed by atoms with Gasteiger partial charge in [-0.2, -0.15) is 0 Å². The lowest BCUT2D eigenvalue weighted by Crippen LogP contribution is -2.73. The number of para-hydroxylation sites is 1. The van der Waals surface area contributed by atoms with Crippen LogP contribution in [-0.4, -0.2) is 56.4 Å². The predicted octanol–water partition coefficient (Wildman–Crippen LogP) is 2.52. The average Bonchev–Trinajstić information content (AvgIpc) is 2.96. The Hall–Kier alpha value is -3.19. The van der Waals surface area contributed by atoms with E-state index in [2.05, 4.69) is 28.7 Å². The van der Waals surface area contributed by atoms with Gasteiger partial charge >= 0.3 is 0 Å². The number of H-pyrrole nitrogens is 1. The van der Waals surface area contributed by atoms with Crippen molar-refractivity contribution in [1.29, 1.82) is 0 Å². The van der Waals surface area contributed by atoms with Crippen LogP contribution in [0.2, 0.25) is 0 Å². The van der Waals surface area contributed by atoms with Crippen molar-refractivity contribution in [2.45, 2.75) is 18.4 Å². The van der Waals surface area contributed by atoms with Gasteiger partial charge in [-0.25, -0.2) is 0 Å². The first-order chi connectivity index (χ1) is 13.5. The predicted molar refractivity (Wildman–Crippen MR) is 104 cm³/mol. The lowest BCUT2D eigenvalue weighted by Gasteiger charge is -2.59. The third kappa shape index (κ3) is 2.29. The second kappa shape index (κ2) is 5.90. The Morgan fingerprint density at radius 2 is 2.18 bits per heavy atom. The van der Waals surface area contributed by atoms with Gasteiger partial charge in [0.1, 0.15) is 11.4 Å². The first-order valence-electron chi connectivity index (χ1n) is 9.22. The Balaban J connectivity index is 1.49. The van der Waals surface area contributed by atoms with Gasteiger partial charge in [-0.15, -0.1) is 10.2 Å². The normalized spacial score (nSPS) is 20.0. The third-order valence-electron chi connectivity index (χ3n) is 5.96. The number of fused-ring (bicyclic) bond motifs is 1. The highest BCUT2D eigenvalue weighted by atomic mass is 16.5. The quantitative estimate of drug-likeness (QED) is 0.686. The standard InChI is InChI=1S/C21H20N4O3/c1-3-18(27)25-10-21(11-25)15(9-28-21)19-12(2)14-8-16(23-24-20(14)22-19)13-6-4-5-7-17(13)26/h3-8,15,26H,1,9-11H2,2H3,(H,22,24). The van der Waals surface area contributed by atoms with E-state index in [0.717, 1.165) is 16.6 Å². The van der Waals surface area contributed by atoms with Gasteiger partial charge in [0, 0.05) is 16.6 Å². The van der Waals surface area contributed by atoms with Crippen molar-refractivity contribution in [3.8, 4) is 17.0 Å². The molecule has 3 aromatic rings. The van der Waals surface area contributed by atoms with Crippen LogP contribution < -0.4 is 0 Å². The molecule has 1 spiro atoms. The number of likely N-dealkylation sites (tertiary alicyclic amines) is 1. The molecule has 7 nitrogen and oxygen atoms in total. The number of nitrogens with one attached hydrogen (secondary N) is 1. The molecule has 1 atom stereocenters. The SMILES string of the molecule is C=CC(=O)N1CC2(C1)OCC2c1[nH]c2nnc(-c3ccccc3O)cc2c1C. The monoisotopic (exact) mass is 376 g/mol. The van der Waals surface area contributed by atoms with Crippen LogP contribution in [0.1, 0.15) is 17.2 Å². The number of benzene rings is 1. The van der Waals surface area contributed by atoms with E-state index < -0.39 is 0 Å². The smallest absolute Gasteiger partial charge is 0.246 e. The second-order valence-corrected chi connectivity index (χ2v) is 7.50. The first-order valence-corrected chi connectivity index (χ1v) is 9.22. The fourth-order valence-corrected chi connectivity index (χ4v) is 4.25. The van der Waals surface area contributed by atoms with Crippen molar-refractivity contribution in [2.24, 2.45) is 0 Å². The van der Waals surface area contributed by atoms with E-state index >= 15 is 0 Å². The molecule has 0 aliphatic carbocycles. The number of aromatic hydroxyl groups is 1. The lowest BCUT2D eigenvalue weighted by atomic mass is 9.73. The number of phenols is 1. The van der Waals surface area contributed by atoms with Crippen LogP contribution in [0.4, 0.5) is 0 Å². The summed E-state index contributed by atoms with van der Waals surface area (Å²) in [4.78, 5) is 16.9. The summed E-state index contributed by atoms with van der Waals surface area (Å²) < 4.78 is 5.89. The summed E-state index contributed by atoms with van der Waals surface area (Å²) in [6, 6.07) is 9.05. The van der Waals surface area contributed by atoms with Crippen molar-refractivity contribution in [2.75, 3.05) is 19.7 Å². The number of amides is 1. The van der Waals surface area contributed by atoms with Crippen LogP contribution in [0.15, 0.2) is 43.0 Å². The van der Waals surface area contributed by atoms with E-state index in [-0.39, 0.29) is 23.2 Å². The van der Waals surface area contributed by atoms with Crippen molar-refractivity contribution in [1.82, 2.24) is 20.1 Å². The van der Waals surface area contributed by atoms with Crippen molar-refractivity contribution in [3.05, 3.63) is 54.2 Å². The van der Waals surface area contributed by atoms with Crippen LogP contribution in [0, 0.1) is 6.92 Å². The van der Waals surface area contributed by atoms with Crippen LogP contribution in [0.25, 0.3) is 22.3 Å². The maximum absolute atomic E-state index is 11.8. The Labute approximate surface area is 161 Å². The molecule has 4 heterocycles. The van der Waals surface area contributed by atoms with E-state index in [4.69, 9.17) is 4.74 Å². The maximum Gasteiger partial charge on any atom is 0.246 e. The molecule has 0 radical (unpaired) electrons. The van der Waals surface area contributed by atoms with Gasteiger partial charge in [0.15, 0.2) is 5.65 Å². The minimum absolute atomic E-state index is 0.0635. The minimum Gasteiger partial charge on any atom is -0.507 e. The molecule has 1 amide bonds. The number of rotatable bonds is 3. The summed E-state index contributed by atoms with van der Waals surface area (Å²) in [6.45, 7) is 7.37. The summed E-state index contributed by atoms with van der Waals surface area (Å²) in [5.74, 6) is 0.299. The summed E-state index contributed by atoms with van der Waals surface area (Å²) in [7, 11) is 0. The van der Waals surface area contributed by atoms with Gasteiger partial charge in [-0.05, 0) is 36.8 Å². The van der Waals surface area contributed by atoms with E-state index in [1.165, 1.54) is 6.08 Å². The molecule has 1 unspecified atom stereocenters. The minimum atomic E-state index is -0.321. The molecule has 0 bridgehead atoms. The number of hydrogen-bond donors (Lipinski definition) is 2. The van der Waals surface area contributed by atoms with Crippen LogP contribution >= 0.6 is 0 Å². The number of carbonyl (C=O) groups excluding carboxylic acids is 1. The molecule has 2 fully saturated rings. The van der Waals surface area contributed by atoms with Crippen molar-refractivity contribution >= 4 is 16.9 Å². The van der Waals surface area contributed by atoms with Gasteiger partial charge in [-0.3, -0.25) is 4.79 Å². The van der Waals surface area contributed by atoms with Crippen LogP contribution in [0.5, 0.6) is 5.75 Å². The van der Waals surface area contributed by atoms with Crippen LogP contribution in [0.3, 0.4) is 0 Å². The number of aryl methyl sites for hydroxylation is 1. The van der Waals surface area contributed by atoms with Gasteiger partial charge in [-0.1, -0.05) is 18.7 Å². The highest BCUT2D eigenvalue weighted by Crippen LogP contribution is 2.48. The molecule has 142 valence electrons. The zero-order valence-electron chi connectivity index (χ0n) is 15.5. The largest absolute Gasteiger partial charge is 0.507 e. The number of carbonyl (C=O) groups is 1.